The minimum atomic E-state index is -0.234. The normalized spacial score (nSPS) is 14.8. The highest BCUT2D eigenvalue weighted by atomic mass is 32.1. The van der Waals surface area contributed by atoms with Gasteiger partial charge in [0.2, 0.25) is 11.0 Å². The Morgan fingerprint density at radius 2 is 1.87 bits per heavy atom. The van der Waals surface area contributed by atoms with Crippen LogP contribution in [0, 0.1) is 11.7 Å². The van der Waals surface area contributed by atoms with Crippen LogP contribution < -0.4 is 10.2 Å². The van der Waals surface area contributed by atoms with Crippen LogP contribution in [0.3, 0.4) is 0 Å². The molecule has 0 bridgehead atoms. The molecule has 1 N–H and O–H groups in total. The van der Waals surface area contributed by atoms with E-state index < -0.39 is 0 Å². The summed E-state index contributed by atoms with van der Waals surface area (Å²) in [4.78, 5) is 19.0. The molecule has 1 saturated heterocycles. The van der Waals surface area contributed by atoms with Crippen LogP contribution in [-0.2, 0) is 11.2 Å². The molecule has 2 heterocycles. The average Bonchev–Trinajstić information content (AvgIpc) is 3.27. The number of anilines is 1. The second kappa shape index (κ2) is 10.3. The maximum Gasteiger partial charge on any atom is 0.244 e. The third-order valence-corrected chi connectivity index (χ3v) is 6.22. The van der Waals surface area contributed by atoms with Crippen molar-refractivity contribution in [1.82, 2.24) is 14.7 Å². The molecule has 1 aliphatic rings. The highest BCUT2D eigenvalue weighted by molar-refractivity contribution is 7.09. The van der Waals surface area contributed by atoms with E-state index in [1.807, 2.05) is 36.4 Å². The number of halogens is 1. The molecule has 1 fully saturated rings. The van der Waals surface area contributed by atoms with Gasteiger partial charge in [-0.1, -0.05) is 42.5 Å². The van der Waals surface area contributed by atoms with Crippen LogP contribution >= 0.6 is 11.5 Å². The van der Waals surface area contributed by atoms with Crippen molar-refractivity contribution in [2.45, 2.75) is 19.3 Å². The summed E-state index contributed by atoms with van der Waals surface area (Å²) < 4.78 is 17.5. The summed E-state index contributed by atoms with van der Waals surface area (Å²) in [5.41, 5.74) is 2.02. The molecule has 31 heavy (non-hydrogen) atoms. The van der Waals surface area contributed by atoms with Gasteiger partial charge in [0, 0.05) is 43.7 Å². The van der Waals surface area contributed by atoms with E-state index in [4.69, 9.17) is 0 Å². The van der Waals surface area contributed by atoms with E-state index in [2.05, 4.69) is 19.6 Å². The second-order valence-corrected chi connectivity index (χ2v) is 8.45. The van der Waals surface area contributed by atoms with Crippen molar-refractivity contribution in [2.75, 3.05) is 24.5 Å². The summed E-state index contributed by atoms with van der Waals surface area (Å²) in [7, 11) is 0. The standard InChI is InChI=1S/C24H25FN4OS/c25-21-9-6-19(7-10-21)16-22-27-24(31-28-22)29-14-12-20(13-15-29)17-26-23(30)11-8-18-4-2-1-3-5-18/h1-11,20H,12-17H2,(H,26,30)/b11-8+. The van der Waals surface area contributed by atoms with Gasteiger partial charge < -0.3 is 10.2 Å². The summed E-state index contributed by atoms with van der Waals surface area (Å²) in [6.07, 6.45) is 6.05. The van der Waals surface area contributed by atoms with E-state index in [9.17, 15) is 9.18 Å². The zero-order valence-electron chi connectivity index (χ0n) is 17.2. The molecule has 2 aromatic carbocycles. The number of hydrogen-bond acceptors (Lipinski definition) is 5. The van der Waals surface area contributed by atoms with Gasteiger partial charge in [-0.25, -0.2) is 9.37 Å². The molecule has 0 spiro atoms. The van der Waals surface area contributed by atoms with Crippen molar-refractivity contribution in [3.05, 3.63) is 83.4 Å². The van der Waals surface area contributed by atoms with Crippen LogP contribution in [0.25, 0.3) is 6.08 Å². The monoisotopic (exact) mass is 436 g/mol. The van der Waals surface area contributed by atoms with Crippen LogP contribution in [0.5, 0.6) is 0 Å². The van der Waals surface area contributed by atoms with E-state index in [1.54, 1.807) is 18.2 Å². The lowest BCUT2D eigenvalue weighted by Crippen LogP contribution is -2.38. The maximum atomic E-state index is 13.0. The van der Waals surface area contributed by atoms with Gasteiger partial charge in [-0.05, 0) is 48.1 Å². The predicted molar refractivity (Wildman–Crippen MR) is 123 cm³/mol. The first-order valence-corrected chi connectivity index (χ1v) is 11.3. The van der Waals surface area contributed by atoms with Gasteiger partial charge in [-0.3, -0.25) is 4.79 Å². The summed E-state index contributed by atoms with van der Waals surface area (Å²) in [5.74, 6) is 0.950. The Labute approximate surface area is 185 Å². The molecule has 0 unspecified atom stereocenters. The molecule has 3 aromatic rings. The minimum Gasteiger partial charge on any atom is -0.352 e. The number of nitrogens with zero attached hydrogens (tertiary/aromatic N) is 3. The number of carbonyl (C=O) groups is 1. The van der Waals surface area contributed by atoms with Crippen LogP contribution in [-0.4, -0.2) is 34.9 Å². The SMILES string of the molecule is O=C(/C=C/c1ccccc1)NCC1CCN(c2nc(Cc3ccc(F)cc3)ns2)CC1. The third kappa shape index (κ3) is 6.21. The first kappa shape index (κ1) is 21.2. The molecular formula is C24H25FN4OS. The highest BCUT2D eigenvalue weighted by Gasteiger charge is 2.22. The van der Waals surface area contributed by atoms with Crippen molar-refractivity contribution in [3.8, 4) is 0 Å². The molecule has 1 aromatic heterocycles. The maximum absolute atomic E-state index is 13.0. The van der Waals surface area contributed by atoms with Crippen LogP contribution in [0.4, 0.5) is 9.52 Å². The fourth-order valence-corrected chi connectivity index (χ4v) is 4.33. The number of aromatic nitrogens is 2. The molecule has 5 nitrogen and oxygen atoms in total. The highest BCUT2D eigenvalue weighted by Crippen LogP contribution is 2.25. The Hall–Kier alpha value is -3.06. The number of hydrogen-bond donors (Lipinski definition) is 1. The Balaban J connectivity index is 1.21. The van der Waals surface area contributed by atoms with Crippen LogP contribution in [0.1, 0.15) is 29.8 Å². The summed E-state index contributed by atoms with van der Waals surface area (Å²) >= 11 is 1.41. The first-order valence-electron chi connectivity index (χ1n) is 10.5. The fraction of sp³-hybridized carbons (Fsp3) is 0.292. The Morgan fingerprint density at radius 1 is 1.13 bits per heavy atom. The van der Waals surface area contributed by atoms with Gasteiger partial charge in [0.15, 0.2) is 0 Å². The van der Waals surface area contributed by atoms with Crippen LogP contribution in [0.2, 0.25) is 0 Å². The summed E-state index contributed by atoms with van der Waals surface area (Å²) in [6, 6.07) is 16.3. The largest absolute Gasteiger partial charge is 0.352 e. The quantitative estimate of drug-likeness (QED) is 0.561. The molecule has 0 aliphatic carbocycles. The Bertz CT molecular complexity index is 1010. The van der Waals surface area contributed by atoms with Crippen molar-refractivity contribution in [1.29, 1.82) is 0 Å². The van der Waals surface area contributed by atoms with Crippen molar-refractivity contribution in [2.24, 2.45) is 5.92 Å². The van der Waals surface area contributed by atoms with Gasteiger partial charge in [-0.15, -0.1) is 0 Å². The summed E-state index contributed by atoms with van der Waals surface area (Å²) in [5, 5.41) is 3.95. The Kier molecular flexibility index (Phi) is 7.04. The van der Waals surface area contributed by atoms with Crippen molar-refractivity contribution < 1.29 is 9.18 Å². The second-order valence-electron chi connectivity index (χ2n) is 7.72. The van der Waals surface area contributed by atoms with Gasteiger partial charge in [0.1, 0.15) is 11.6 Å². The number of nitrogens with one attached hydrogen (secondary N) is 1. The number of rotatable bonds is 7. The van der Waals surface area contributed by atoms with E-state index >= 15 is 0 Å². The number of amides is 1. The van der Waals surface area contributed by atoms with Gasteiger partial charge in [-0.2, -0.15) is 4.37 Å². The average molecular weight is 437 g/mol. The zero-order valence-corrected chi connectivity index (χ0v) is 18.0. The molecule has 0 saturated carbocycles. The smallest absolute Gasteiger partial charge is 0.244 e. The molecule has 160 valence electrons. The molecule has 1 aliphatic heterocycles. The predicted octanol–water partition coefficient (Wildman–Crippen LogP) is 4.31. The van der Waals surface area contributed by atoms with Gasteiger partial charge in [0.25, 0.3) is 0 Å². The van der Waals surface area contributed by atoms with E-state index in [0.717, 1.165) is 48.0 Å². The number of carbonyl (C=O) groups excluding carboxylic acids is 1. The minimum absolute atomic E-state index is 0.0548. The number of benzene rings is 2. The molecule has 4 rings (SSSR count). The molecule has 0 radical (unpaired) electrons. The van der Waals surface area contributed by atoms with Crippen molar-refractivity contribution >= 4 is 28.6 Å². The lowest BCUT2D eigenvalue weighted by molar-refractivity contribution is -0.116. The number of piperidine rings is 1. The zero-order chi connectivity index (χ0) is 21.5. The Morgan fingerprint density at radius 3 is 2.61 bits per heavy atom. The first-order chi connectivity index (χ1) is 15.2. The fourth-order valence-electron chi connectivity index (χ4n) is 3.60. The molecule has 0 atom stereocenters. The van der Waals surface area contributed by atoms with E-state index in [-0.39, 0.29) is 11.7 Å². The third-order valence-electron chi connectivity index (χ3n) is 5.41. The summed E-state index contributed by atoms with van der Waals surface area (Å²) in [6.45, 7) is 2.51. The van der Waals surface area contributed by atoms with Gasteiger partial charge in [0.05, 0.1) is 0 Å². The lowest BCUT2D eigenvalue weighted by atomic mass is 9.97. The molecular weight excluding hydrogens is 411 g/mol. The van der Waals surface area contributed by atoms with Crippen molar-refractivity contribution in [3.63, 3.8) is 0 Å². The van der Waals surface area contributed by atoms with E-state index in [0.29, 0.717) is 18.9 Å². The van der Waals surface area contributed by atoms with Crippen LogP contribution in [0.15, 0.2) is 60.7 Å². The van der Waals surface area contributed by atoms with E-state index in [1.165, 1.54) is 23.7 Å². The molecule has 7 heteroatoms. The van der Waals surface area contributed by atoms with Gasteiger partial charge >= 0.3 is 0 Å². The molecule has 1 amide bonds. The lowest BCUT2D eigenvalue weighted by Gasteiger charge is -2.31. The topological polar surface area (TPSA) is 58.1 Å².